The van der Waals surface area contributed by atoms with Gasteiger partial charge in [0.05, 0.1) is 6.04 Å². The molecular formula is C26H24FN3O. The van der Waals surface area contributed by atoms with Crippen molar-refractivity contribution in [2.24, 2.45) is 0 Å². The molecule has 0 saturated carbocycles. The van der Waals surface area contributed by atoms with E-state index >= 15 is 0 Å². The Bertz CT molecular complexity index is 1110. The maximum atomic E-state index is 14.9. The number of carbonyl (C=O) groups excluding carboxylic acids is 1. The molecule has 0 radical (unpaired) electrons. The molecule has 2 atom stereocenters. The molecule has 4 nitrogen and oxygen atoms in total. The Morgan fingerprint density at radius 3 is 2.58 bits per heavy atom. The molecule has 0 aliphatic carbocycles. The highest BCUT2D eigenvalue weighted by atomic mass is 19.1. The quantitative estimate of drug-likeness (QED) is 0.621. The van der Waals surface area contributed by atoms with Crippen molar-refractivity contribution in [2.45, 2.75) is 37.9 Å². The van der Waals surface area contributed by atoms with E-state index < -0.39 is 0 Å². The van der Waals surface area contributed by atoms with E-state index in [1.807, 2.05) is 59.5 Å². The van der Waals surface area contributed by atoms with Crippen LogP contribution in [-0.2, 0) is 6.54 Å². The van der Waals surface area contributed by atoms with Crippen LogP contribution in [0.5, 0.6) is 0 Å². The van der Waals surface area contributed by atoms with Crippen LogP contribution in [0.4, 0.5) is 9.18 Å². The summed E-state index contributed by atoms with van der Waals surface area (Å²) in [6.07, 6.45) is 8.27. The first-order valence-corrected chi connectivity index (χ1v) is 10.7. The van der Waals surface area contributed by atoms with Gasteiger partial charge in [0.15, 0.2) is 0 Å². The van der Waals surface area contributed by atoms with Crippen molar-refractivity contribution in [1.29, 1.82) is 0 Å². The van der Waals surface area contributed by atoms with Crippen molar-refractivity contribution in [3.05, 3.63) is 96.1 Å². The zero-order valence-electron chi connectivity index (χ0n) is 17.2. The zero-order valence-corrected chi connectivity index (χ0v) is 17.2. The normalized spacial score (nSPS) is 19.8. The molecule has 2 bridgehead atoms. The lowest BCUT2D eigenvalue weighted by molar-refractivity contribution is 0.179. The second kappa shape index (κ2) is 8.34. The van der Waals surface area contributed by atoms with Gasteiger partial charge < -0.3 is 10.2 Å². The molecule has 0 spiro atoms. The highest BCUT2D eigenvalue weighted by Crippen LogP contribution is 2.39. The van der Waals surface area contributed by atoms with Crippen molar-refractivity contribution in [3.63, 3.8) is 0 Å². The molecule has 5 heteroatoms. The third kappa shape index (κ3) is 3.96. The summed E-state index contributed by atoms with van der Waals surface area (Å²) >= 11 is 0. The third-order valence-corrected chi connectivity index (χ3v) is 6.25. The Balaban J connectivity index is 1.32. The van der Waals surface area contributed by atoms with Crippen molar-refractivity contribution in [1.82, 2.24) is 15.2 Å². The van der Waals surface area contributed by atoms with Crippen molar-refractivity contribution >= 4 is 11.6 Å². The Labute approximate surface area is 181 Å². The first-order valence-electron chi connectivity index (χ1n) is 10.7. The average Bonchev–Trinajstić information content (AvgIpc) is 3.08. The molecule has 3 heterocycles. The van der Waals surface area contributed by atoms with E-state index in [1.54, 1.807) is 18.5 Å². The van der Waals surface area contributed by atoms with Gasteiger partial charge in [-0.3, -0.25) is 4.98 Å². The number of rotatable bonds is 4. The summed E-state index contributed by atoms with van der Waals surface area (Å²) in [5.74, 6) is -0.213. The van der Waals surface area contributed by atoms with Gasteiger partial charge in [0.1, 0.15) is 5.82 Å². The standard InChI is InChI=1S/C26H24FN3O/c27-25-16-20(6-9-24(25)19-4-2-1-3-5-19)21-14-22-7-8-23(15-21)30(22)26(31)29-17-18-10-12-28-13-11-18/h1-6,9-14,16,22-23H,7-8,15,17H2,(H,29,31). The average molecular weight is 413 g/mol. The van der Waals surface area contributed by atoms with Crippen molar-refractivity contribution < 1.29 is 9.18 Å². The highest BCUT2D eigenvalue weighted by Gasteiger charge is 2.39. The summed E-state index contributed by atoms with van der Waals surface area (Å²) in [5, 5.41) is 3.03. The number of hydrogen-bond acceptors (Lipinski definition) is 2. The lowest BCUT2D eigenvalue weighted by Crippen LogP contribution is -2.48. The molecule has 1 saturated heterocycles. The summed E-state index contributed by atoms with van der Waals surface area (Å²) < 4.78 is 14.9. The summed E-state index contributed by atoms with van der Waals surface area (Å²) in [4.78, 5) is 18.8. The van der Waals surface area contributed by atoms with E-state index in [1.165, 1.54) is 0 Å². The molecule has 1 N–H and O–H groups in total. The van der Waals surface area contributed by atoms with Crippen LogP contribution in [0.2, 0.25) is 0 Å². The molecule has 2 aliphatic heterocycles. The SMILES string of the molecule is O=C(NCc1ccncc1)N1C2C=C(c3ccc(-c4ccccc4)c(F)c3)CC1CC2. The lowest BCUT2D eigenvalue weighted by Gasteiger charge is -2.34. The molecule has 1 fully saturated rings. The van der Waals surface area contributed by atoms with E-state index in [-0.39, 0.29) is 23.9 Å². The first-order chi connectivity index (χ1) is 15.2. The Morgan fingerprint density at radius 1 is 1.03 bits per heavy atom. The highest BCUT2D eigenvalue weighted by molar-refractivity contribution is 5.79. The molecule has 3 aromatic rings. The van der Waals surface area contributed by atoms with Gasteiger partial charge in [0, 0.05) is 30.5 Å². The van der Waals surface area contributed by atoms with Gasteiger partial charge in [-0.1, -0.05) is 48.5 Å². The van der Waals surface area contributed by atoms with E-state index in [0.29, 0.717) is 12.1 Å². The summed E-state index contributed by atoms with van der Waals surface area (Å²) in [6.45, 7) is 0.486. The molecule has 156 valence electrons. The first kappa shape index (κ1) is 19.5. The molecular weight excluding hydrogens is 389 g/mol. The molecule has 2 aliphatic rings. The Morgan fingerprint density at radius 2 is 1.84 bits per heavy atom. The molecule has 2 amide bonds. The number of fused-ring (bicyclic) bond motifs is 2. The monoisotopic (exact) mass is 413 g/mol. The van der Waals surface area contributed by atoms with E-state index in [0.717, 1.165) is 41.5 Å². The number of nitrogens with one attached hydrogen (secondary N) is 1. The van der Waals surface area contributed by atoms with Gasteiger partial charge in [-0.05, 0) is 59.7 Å². The van der Waals surface area contributed by atoms with E-state index in [9.17, 15) is 9.18 Å². The fourth-order valence-corrected chi connectivity index (χ4v) is 4.70. The Hall–Kier alpha value is -3.47. The topological polar surface area (TPSA) is 45.2 Å². The van der Waals surface area contributed by atoms with Crippen LogP contribution in [0.3, 0.4) is 0 Å². The second-order valence-electron chi connectivity index (χ2n) is 8.18. The predicted octanol–water partition coefficient (Wildman–Crippen LogP) is 5.42. The maximum absolute atomic E-state index is 14.9. The van der Waals surface area contributed by atoms with Gasteiger partial charge in [0.2, 0.25) is 0 Å². The van der Waals surface area contributed by atoms with Gasteiger partial charge in [-0.25, -0.2) is 9.18 Å². The van der Waals surface area contributed by atoms with E-state index in [4.69, 9.17) is 0 Å². The van der Waals surface area contributed by atoms with Crippen LogP contribution < -0.4 is 5.32 Å². The van der Waals surface area contributed by atoms with Gasteiger partial charge >= 0.3 is 6.03 Å². The minimum absolute atomic E-state index is 0.0368. The Kier molecular flexibility index (Phi) is 5.24. The fourth-order valence-electron chi connectivity index (χ4n) is 4.70. The second-order valence-corrected chi connectivity index (χ2v) is 8.18. The number of urea groups is 1. The minimum atomic E-state index is -0.213. The van der Waals surface area contributed by atoms with Crippen molar-refractivity contribution in [2.75, 3.05) is 0 Å². The molecule has 5 rings (SSSR count). The zero-order chi connectivity index (χ0) is 21.2. The lowest BCUT2D eigenvalue weighted by atomic mass is 9.93. The molecule has 2 aromatic carbocycles. The number of hydrogen-bond donors (Lipinski definition) is 1. The van der Waals surface area contributed by atoms with Gasteiger partial charge in [-0.2, -0.15) is 0 Å². The van der Waals surface area contributed by atoms with E-state index in [2.05, 4.69) is 16.4 Å². The van der Waals surface area contributed by atoms with Crippen LogP contribution in [0, 0.1) is 5.82 Å². The summed E-state index contributed by atoms with van der Waals surface area (Å²) in [5.41, 5.74) is 4.55. The molecule has 2 unspecified atom stereocenters. The number of pyridine rings is 1. The predicted molar refractivity (Wildman–Crippen MR) is 120 cm³/mol. The number of aromatic nitrogens is 1. The number of carbonyl (C=O) groups is 1. The van der Waals surface area contributed by atoms with Gasteiger partial charge in [0.25, 0.3) is 0 Å². The fraction of sp³-hybridized carbons (Fsp3) is 0.231. The van der Waals surface area contributed by atoms with Crippen LogP contribution in [0.25, 0.3) is 16.7 Å². The maximum Gasteiger partial charge on any atom is 0.318 e. The number of nitrogens with zero attached hydrogens (tertiary/aromatic N) is 2. The number of halogens is 1. The minimum Gasteiger partial charge on any atom is -0.334 e. The van der Waals surface area contributed by atoms with Crippen LogP contribution in [0.1, 0.15) is 30.4 Å². The van der Waals surface area contributed by atoms with Crippen LogP contribution in [-0.4, -0.2) is 28.0 Å². The number of amides is 2. The largest absolute Gasteiger partial charge is 0.334 e. The van der Waals surface area contributed by atoms with Crippen LogP contribution >= 0.6 is 0 Å². The van der Waals surface area contributed by atoms with Crippen LogP contribution in [0.15, 0.2) is 79.1 Å². The summed E-state index contributed by atoms with van der Waals surface area (Å²) in [6, 6.07) is 19.1. The van der Waals surface area contributed by atoms with Crippen molar-refractivity contribution in [3.8, 4) is 11.1 Å². The smallest absolute Gasteiger partial charge is 0.318 e. The van der Waals surface area contributed by atoms with Gasteiger partial charge in [-0.15, -0.1) is 0 Å². The third-order valence-electron chi connectivity index (χ3n) is 6.25. The molecule has 31 heavy (non-hydrogen) atoms. The number of benzene rings is 2. The molecule has 1 aromatic heterocycles. The summed E-state index contributed by atoms with van der Waals surface area (Å²) in [7, 11) is 0.